The Kier molecular flexibility index (Phi) is 4.31. The molecule has 25 heavy (non-hydrogen) atoms. The van der Waals surface area contributed by atoms with Crippen LogP contribution in [0, 0.1) is 0 Å². The number of nitrogens with zero attached hydrogens (tertiary/aromatic N) is 2. The lowest BCUT2D eigenvalue weighted by molar-refractivity contribution is -0.135. The van der Waals surface area contributed by atoms with Crippen molar-refractivity contribution >= 4 is 23.2 Å². The fourth-order valence-corrected chi connectivity index (χ4v) is 4.65. The fourth-order valence-electron chi connectivity index (χ4n) is 3.76. The zero-order valence-corrected chi connectivity index (χ0v) is 14.8. The molecule has 1 aromatic carbocycles. The molecular formula is C19H21N3O2S. The van der Waals surface area contributed by atoms with Crippen LogP contribution >= 0.6 is 11.3 Å². The van der Waals surface area contributed by atoms with E-state index in [0.29, 0.717) is 19.5 Å². The highest BCUT2D eigenvalue weighted by Crippen LogP contribution is 2.26. The summed E-state index contributed by atoms with van der Waals surface area (Å²) in [6.45, 7) is 2.25. The van der Waals surface area contributed by atoms with Crippen LogP contribution in [-0.2, 0) is 35.5 Å². The Balaban J connectivity index is 1.49. The average Bonchev–Trinajstić information content (AvgIpc) is 3.08. The van der Waals surface area contributed by atoms with Crippen molar-refractivity contribution in [2.24, 2.45) is 5.73 Å². The van der Waals surface area contributed by atoms with E-state index in [9.17, 15) is 9.59 Å². The number of primary amides is 1. The molecule has 0 aliphatic carbocycles. The summed E-state index contributed by atoms with van der Waals surface area (Å²) in [6.07, 6.45) is 1.49. The van der Waals surface area contributed by atoms with E-state index in [1.165, 1.54) is 16.0 Å². The smallest absolute Gasteiger partial charge is 0.237 e. The second-order valence-electron chi connectivity index (χ2n) is 6.73. The topological polar surface area (TPSA) is 66.6 Å². The number of fused-ring (bicyclic) bond motifs is 2. The Morgan fingerprint density at radius 2 is 1.92 bits per heavy atom. The zero-order valence-electron chi connectivity index (χ0n) is 14.0. The van der Waals surface area contributed by atoms with Crippen molar-refractivity contribution in [3.63, 3.8) is 0 Å². The standard InChI is InChI=1S/C19H21N3O2S/c20-19(24)16-9-13-3-1-2-4-14(13)10-22(16)12-18(23)21-7-5-17-15(11-21)6-8-25-17/h1-4,6,8,16H,5,7,9-12H2,(H2,20,24)/t16-/m1/s1. The lowest BCUT2D eigenvalue weighted by Crippen LogP contribution is -2.52. The van der Waals surface area contributed by atoms with Crippen molar-refractivity contribution in [3.05, 3.63) is 57.3 Å². The summed E-state index contributed by atoms with van der Waals surface area (Å²) >= 11 is 1.76. The van der Waals surface area contributed by atoms with Crippen molar-refractivity contribution in [1.29, 1.82) is 0 Å². The normalized spacial score (nSPS) is 20.0. The van der Waals surface area contributed by atoms with E-state index in [4.69, 9.17) is 5.73 Å². The van der Waals surface area contributed by atoms with Gasteiger partial charge in [-0.15, -0.1) is 11.3 Å². The van der Waals surface area contributed by atoms with E-state index in [-0.39, 0.29) is 18.4 Å². The van der Waals surface area contributed by atoms with E-state index in [2.05, 4.69) is 17.5 Å². The molecule has 0 radical (unpaired) electrons. The summed E-state index contributed by atoms with van der Waals surface area (Å²) in [6, 6.07) is 9.74. The molecule has 0 spiro atoms. The second-order valence-corrected chi connectivity index (χ2v) is 7.73. The average molecular weight is 355 g/mol. The van der Waals surface area contributed by atoms with Crippen LogP contribution in [0.15, 0.2) is 35.7 Å². The van der Waals surface area contributed by atoms with E-state index in [0.717, 1.165) is 18.5 Å². The highest BCUT2D eigenvalue weighted by molar-refractivity contribution is 7.10. The molecule has 0 fully saturated rings. The first-order valence-corrected chi connectivity index (χ1v) is 9.43. The molecule has 0 saturated carbocycles. The number of carbonyl (C=O) groups is 2. The van der Waals surface area contributed by atoms with Crippen LogP contribution < -0.4 is 5.73 Å². The minimum atomic E-state index is -0.416. The van der Waals surface area contributed by atoms with Crippen LogP contribution in [0.1, 0.15) is 21.6 Å². The lowest BCUT2D eigenvalue weighted by Gasteiger charge is -2.36. The van der Waals surface area contributed by atoms with Gasteiger partial charge in [0.15, 0.2) is 0 Å². The van der Waals surface area contributed by atoms with E-state index < -0.39 is 6.04 Å². The minimum Gasteiger partial charge on any atom is -0.368 e. The third-order valence-electron chi connectivity index (χ3n) is 5.17. The first-order chi connectivity index (χ1) is 12.1. The maximum atomic E-state index is 12.8. The van der Waals surface area contributed by atoms with Crippen molar-refractivity contribution in [3.8, 4) is 0 Å². The molecule has 2 amide bonds. The van der Waals surface area contributed by atoms with Crippen LogP contribution in [0.2, 0.25) is 0 Å². The summed E-state index contributed by atoms with van der Waals surface area (Å²) in [4.78, 5) is 29.9. The van der Waals surface area contributed by atoms with Crippen LogP contribution in [0.5, 0.6) is 0 Å². The van der Waals surface area contributed by atoms with Gasteiger partial charge in [0.1, 0.15) is 0 Å². The first kappa shape index (κ1) is 16.3. The predicted octanol–water partition coefficient (Wildman–Crippen LogP) is 1.54. The van der Waals surface area contributed by atoms with Crippen molar-refractivity contribution < 1.29 is 9.59 Å². The number of rotatable bonds is 3. The minimum absolute atomic E-state index is 0.0717. The predicted molar refractivity (Wildman–Crippen MR) is 97.0 cm³/mol. The van der Waals surface area contributed by atoms with Gasteiger partial charge in [-0.3, -0.25) is 14.5 Å². The van der Waals surface area contributed by atoms with Gasteiger partial charge in [0, 0.05) is 24.5 Å². The third-order valence-corrected chi connectivity index (χ3v) is 6.20. The highest BCUT2D eigenvalue weighted by Gasteiger charge is 2.32. The molecule has 2 N–H and O–H groups in total. The van der Waals surface area contributed by atoms with E-state index in [1.54, 1.807) is 11.3 Å². The van der Waals surface area contributed by atoms with Crippen LogP contribution in [0.4, 0.5) is 0 Å². The fraction of sp³-hybridized carbons (Fsp3) is 0.368. The Morgan fingerprint density at radius 3 is 2.72 bits per heavy atom. The second kappa shape index (κ2) is 6.61. The van der Waals surface area contributed by atoms with E-state index >= 15 is 0 Å². The van der Waals surface area contributed by atoms with Gasteiger partial charge in [0.25, 0.3) is 0 Å². The number of hydrogen-bond donors (Lipinski definition) is 1. The number of benzene rings is 1. The van der Waals surface area contributed by atoms with Crippen LogP contribution in [0.25, 0.3) is 0 Å². The molecule has 4 rings (SSSR count). The molecular weight excluding hydrogens is 334 g/mol. The third kappa shape index (κ3) is 3.19. The van der Waals surface area contributed by atoms with Gasteiger partial charge in [-0.25, -0.2) is 0 Å². The SMILES string of the molecule is NC(=O)[C@H]1Cc2ccccc2CN1CC(=O)N1CCc2sccc2C1. The summed E-state index contributed by atoms with van der Waals surface area (Å²) < 4.78 is 0. The number of hydrogen-bond acceptors (Lipinski definition) is 4. The van der Waals surface area contributed by atoms with Gasteiger partial charge < -0.3 is 10.6 Å². The summed E-state index contributed by atoms with van der Waals surface area (Å²) in [5.74, 6) is -0.288. The first-order valence-electron chi connectivity index (χ1n) is 8.55. The maximum Gasteiger partial charge on any atom is 0.237 e. The zero-order chi connectivity index (χ0) is 17.4. The quantitative estimate of drug-likeness (QED) is 0.908. The van der Waals surface area contributed by atoms with Gasteiger partial charge in [-0.05, 0) is 41.0 Å². The molecule has 0 unspecified atom stereocenters. The monoisotopic (exact) mass is 355 g/mol. The largest absolute Gasteiger partial charge is 0.368 e. The molecule has 0 bridgehead atoms. The molecule has 6 heteroatoms. The number of nitrogens with two attached hydrogens (primary N) is 1. The molecule has 130 valence electrons. The van der Waals surface area contributed by atoms with Gasteiger partial charge in [0.05, 0.1) is 12.6 Å². The van der Waals surface area contributed by atoms with Crippen molar-refractivity contribution in [2.45, 2.75) is 32.0 Å². The molecule has 1 aromatic heterocycles. The summed E-state index contributed by atoms with van der Waals surface area (Å²) in [5, 5.41) is 2.09. The number of thiophene rings is 1. The van der Waals surface area contributed by atoms with Crippen LogP contribution in [0.3, 0.4) is 0 Å². The summed E-state index contributed by atoms with van der Waals surface area (Å²) in [5.41, 5.74) is 9.19. The Morgan fingerprint density at radius 1 is 1.12 bits per heavy atom. The van der Waals surface area contributed by atoms with Crippen molar-refractivity contribution in [2.75, 3.05) is 13.1 Å². The van der Waals surface area contributed by atoms with Crippen molar-refractivity contribution in [1.82, 2.24) is 9.80 Å². The Labute approximate surface area is 151 Å². The highest BCUT2D eigenvalue weighted by atomic mass is 32.1. The Bertz CT molecular complexity index is 817. The number of amides is 2. The maximum absolute atomic E-state index is 12.8. The van der Waals surface area contributed by atoms with Gasteiger partial charge in [-0.1, -0.05) is 24.3 Å². The summed E-state index contributed by atoms with van der Waals surface area (Å²) in [7, 11) is 0. The molecule has 0 saturated heterocycles. The van der Waals surface area contributed by atoms with E-state index in [1.807, 2.05) is 28.0 Å². The molecule has 2 aliphatic rings. The molecule has 2 aromatic rings. The Hall–Kier alpha value is -2.18. The number of carbonyl (C=O) groups excluding carboxylic acids is 2. The van der Waals surface area contributed by atoms with Gasteiger partial charge >= 0.3 is 0 Å². The van der Waals surface area contributed by atoms with Gasteiger partial charge in [-0.2, -0.15) is 0 Å². The molecule has 5 nitrogen and oxygen atoms in total. The molecule has 1 atom stereocenters. The molecule has 3 heterocycles. The van der Waals surface area contributed by atoms with Crippen LogP contribution in [-0.4, -0.2) is 40.7 Å². The molecule has 2 aliphatic heterocycles. The lowest BCUT2D eigenvalue weighted by atomic mass is 9.93. The van der Waals surface area contributed by atoms with Gasteiger partial charge in [0.2, 0.25) is 11.8 Å².